The summed E-state index contributed by atoms with van der Waals surface area (Å²) in [5.41, 5.74) is 0.781. The summed E-state index contributed by atoms with van der Waals surface area (Å²) in [6.07, 6.45) is 1.85. The molecule has 2 aliphatic rings. The van der Waals surface area contributed by atoms with Gasteiger partial charge in [0.25, 0.3) is 0 Å². The molecular weight excluding hydrogens is 180 g/mol. The summed E-state index contributed by atoms with van der Waals surface area (Å²) < 4.78 is 11.5. The minimum Gasteiger partial charge on any atom is -0.396 e. The monoisotopic (exact) mass is 198 g/mol. The molecule has 1 N–H and O–H groups in total. The Balaban J connectivity index is 2.21. The maximum Gasteiger partial charge on any atom is 0.163 e. The smallest absolute Gasteiger partial charge is 0.163 e. The van der Waals surface area contributed by atoms with E-state index in [9.17, 15) is 5.11 Å². The fourth-order valence-corrected chi connectivity index (χ4v) is 2.53. The number of hydrogen-bond donors (Lipinski definition) is 1. The van der Waals surface area contributed by atoms with Crippen molar-refractivity contribution in [2.24, 2.45) is 5.92 Å². The van der Waals surface area contributed by atoms with E-state index >= 15 is 0 Å². The van der Waals surface area contributed by atoms with Gasteiger partial charge in [-0.2, -0.15) is 0 Å². The maximum atomic E-state index is 9.34. The van der Waals surface area contributed by atoms with Gasteiger partial charge in [-0.15, -0.1) is 0 Å². The Hall–Kier alpha value is -0.380. The van der Waals surface area contributed by atoms with Gasteiger partial charge in [0, 0.05) is 5.92 Å². The Morgan fingerprint density at radius 1 is 1.57 bits per heavy atom. The second-order valence-corrected chi connectivity index (χ2v) is 4.75. The molecule has 1 heterocycles. The van der Waals surface area contributed by atoms with E-state index in [2.05, 4.69) is 6.58 Å². The second kappa shape index (κ2) is 3.05. The molecule has 0 radical (unpaired) electrons. The summed E-state index contributed by atoms with van der Waals surface area (Å²) in [4.78, 5) is 0. The highest BCUT2D eigenvalue weighted by molar-refractivity contribution is 5.18. The fourth-order valence-electron chi connectivity index (χ4n) is 2.53. The van der Waals surface area contributed by atoms with E-state index in [-0.39, 0.29) is 18.1 Å². The highest BCUT2D eigenvalue weighted by atomic mass is 16.8. The first kappa shape index (κ1) is 10.1. The zero-order valence-electron chi connectivity index (χ0n) is 8.88. The molecular formula is C11H18O3. The molecule has 3 nitrogen and oxygen atoms in total. The van der Waals surface area contributed by atoms with E-state index in [0.717, 1.165) is 18.4 Å². The van der Waals surface area contributed by atoms with Crippen molar-refractivity contribution in [3.05, 3.63) is 12.2 Å². The molecule has 0 aromatic rings. The van der Waals surface area contributed by atoms with Crippen LogP contribution in [0, 0.1) is 5.92 Å². The van der Waals surface area contributed by atoms with Crippen LogP contribution in [0.5, 0.6) is 0 Å². The molecule has 1 aliphatic heterocycles. The molecule has 2 fully saturated rings. The molecule has 2 rings (SSSR count). The first-order valence-corrected chi connectivity index (χ1v) is 5.12. The Kier molecular flexibility index (Phi) is 2.21. The maximum absolute atomic E-state index is 9.34. The Morgan fingerprint density at radius 2 is 2.29 bits per heavy atom. The largest absolute Gasteiger partial charge is 0.396 e. The van der Waals surface area contributed by atoms with Crippen LogP contribution >= 0.6 is 0 Å². The zero-order valence-corrected chi connectivity index (χ0v) is 8.88. The quantitative estimate of drug-likeness (QED) is 0.648. The minimum atomic E-state index is -0.516. The van der Waals surface area contributed by atoms with Gasteiger partial charge < -0.3 is 14.6 Å². The summed E-state index contributed by atoms with van der Waals surface area (Å²) in [5, 5.41) is 9.34. The Labute approximate surface area is 84.7 Å². The lowest BCUT2D eigenvalue weighted by atomic mass is 9.90. The molecule has 0 aromatic heterocycles. The van der Waals surface area contributed by atoms with Crippen LogP contribution in [-0.2, 0) is 9.47 Å². The molecule has 80 valence electrons. The van der Waals surface area contributed by atoms with Gasteiger partial charge in [0.1, 0.15) is 5.60 Å². The van der Waals surface area contributed by atoms with E-state index in [1.54, 1.807) is 0 Å². The predicted octanol–water partition coefficient (Wildman–Crippen LogP) is 1.47. The molecule has 2 atom stereocenters. The van der Waals surface area contributed by atoms with Gasteiger partial charge in [0.15, 0.2) is 5.79 Å². The molecule has 1 saturated heterocycles. The van der Waals surface area contributed by atoms with Gasteiger partial charge in [-0.3, -0.25) is 0 Å². The van der Waals surface area contributed by atoms with Gasteiger partial charge >= 0.3 is 0 Å². The van der Waals surface area contributed by atoms with Crippen molar-refractivity contribution in [1.82, 2.24) is 0 Å². The van der Waals surface area contributed by atoms with Crippen LogP contribution in [0.25, 0.3) is 0 Å². The van der Waals surface area contributed by atoms with Crippen molar-refractivity contribution in [3.8, 4) is 0 Å². The molecule has 1 aliphatic carbocycles. The molecule has 2 unspecified atom stereocenters. The third-order valence-electron chi connectivity index (χ3n) is 3.29. The molecule has 0 amide bonds. The molecule has 0 bridgehead atoms. The van der Waals surface area contributed by atoms with Crippen molar-refractivity contribution >= 4 is 0 Å². The molecule has 14 heavy (non-hydrogen) atoms. The predicted molar refractivity (Wildman–Crippen MR) is 52.8 cm³/mol. The summed E-state index contributed by atoms with van der Waals surface area (Å²) in [6.45, 7) is 8.49. The lowest BCUT2D eigenvalue weighted by Gasteiger charge is -2.30. The average molecular weight is 198 g/mol. The van der Waals surface area contributed by atoms with Crippen molar-refractivity contribution < 1.29 is 14.6 Å². The number of aliphatic hydroxyl groups is 1. The van der Waals surface area contributed by atoms with Gasteiger partial charge in [-0.1, -0.05) is 12.2 Å². The van der Waals surface area contributed by atoms with Crippen LogP contribution in [0.4, 0.5) is 0 Å². The van der Waals surface area contributed by atoms with Crippen molar-refractivity contribution in [2.45, 2.75) is 38.1 Å². The first-order chi connectivity index (χ1) is 6.49. The number of ether oxygens (including phenoxy) is 2. The summed E-state index contributed by atoms with van der Waals surface area (Å²) >= 11 is 0. The summed E-state index contributed by atoms with van der Waals surface area (Å²) in [6, 6.07) is 0. The lowest BCUT2D eigenvalue weighted by molar-refractivity contribution is -0.169. The minimum absolute atomic E-state index is 0.0456. The SMILES string of the molecule is C=C1CCC2(COC(C)(C)O2)C1CO. The number of rotatable bonds is 1. The van der Waals surface area contributed by atoms with E-state index in [1.807, 2.05) is 13.8 Å². The van der Waals surface area contributed by atoms with Crippen molar-refractivity contribution in [1.29, 1.82) is 0 Å². The molecule has 1 saturated carbocycles. The van der Waals surface area contributed by atoms with E-state index in [0.29, 0.717) is 6.61 Å². The summed E-state index contributed by atoms with van der Waals surface area (Å²) in [7, 11) is 0. The highest BCUT2D eigenvalue weighted by Crippen LogP contribution is 2.48. The number of hydrogen-bond acceptors (Lipinski definition) is 3. The van der Waals surface area contributed by atoms with Crippen LogP contribution in [-0.4, -0.2) is 29.7 Å². The van der Waals surface area contributed by atoms with E-state index < -0.39 is 5.79 Å². The standard InChI is InChI=1S/C11H18O3/c1-8-4-5-11(9(8)6-12)7-13-10(2,3)14-11/h9,12H,1,4-7H2,2-3H3. The Bertz CT molecular complexity index is 259. The zero-order chi connectivity index (χ0) is 10.4. The summed E-state index contributed by atoms with van der Waals surface area (Å²) in [5.74, 6) is -0.470. The van der Waals surface area contributed by atoms with Crippen LogP contribution in [0.2, 0.25) is 0 Å². The van der Waals surface area contributed by atoms with Gasteiger partial charge in [0.05, 0.1) is 13.2 Å². The van der Waals surface area contributed by atoms with Crippen LogP contribution in [0.1, 0.15) is 26.7 Å². The van der Waals surface area contributed by atoms with Gasteiger partial charge in [0.2, 0.25) is 0 Å². The van der Waals surface area contributed by atoms with Gasteiger partial charge in [-0.05, 0) is 26.7 Å². The normalized spacial score (nSPS) is 41.1. The lowest BCUT2D eigenvalue weighted by Crippen LogP contribution is -2.40. The fraction of sp³-hybridized carbons (Fsp3) is 0.818. The van der Waals surface area contributed by atoms with Crippen LogP contribution in [0.3, 0.4) is 0 Å². The molecule has 3 heteroatoms. The average Bonchev–Trinajstić information content (AvgIpc) is 2.55. The second-order valence-electron chi connectivity index (χ2n) is 4.75. The molecule has 1 spiro atoms. The van der Waals surface area contributed by atoms with E-state index in [1.165, 1.54) is 0 Å². The van der Waals surface area contributed by atoms with Crippen LogP contribution in [0.15, 0.2) is 12.2 Å². The third kappa shape index (κ3) is 1.40. The Morgan fingerprint density at radius 3 is 2.79 bits per heavy atom. The van der Waals surface area contributed by atoms with Crippen molar-refractivity contribution in [2.75, 3.05) is 13.2 Å². The van der Waals surface area contributed by atoms with Crippen molar-refractivity contribution in [3.63, 3.8) is 0 Å². The highest BCUT2D eigenvalue weighted by Gasteiger charge is 2.53. The first-order valence-electron chi connectivity index (χ1n) is 5.12. The van der Waals surface area contributed by atoms with Gasteiger partial charge in [-0.25, -0.2) is 0 Å². The third-order valence-corrected chi connectivity index (χ3v) is 3.29. The molecule has 0 aromatic carbocycles. The number of aliphatic hydroxyl groups excluding tert-OH is 1. The van der Waals surface area contributed by atoms with Crippen LogP contribution < -0.4 is 0 Å². The van der Waals surface area contributed by atoms with E-state index in [4.69, 9.17) is 9.47 Å². The topological polar surface area (TPSA) is 38.7 Å².